The van der Waals surface area contributed by atoms with Crippen molar-refractivity contribution in [3.05, 3.63) is 89.0 Å². The Balaban J connectivity index is 1.18. The van der Waals surface area contributed by atoms with Crippen LogP contribution in [0.4, 0.5) is 5.69 Å². The summed E-state index contributed by atoms with van der Waals surface area (Å²) in [5.41, 5.74) is 4.73. The molecule has 6 heteroatoms. The minimum Gasteiger partial charge on any atom is -0.478 e. The number of carboxylic acid groups (broad SMARTS) is 1. The maximum Gasteiger partial charge on any atom is 0.335 e. The molecule has 178 valence electrons. The lowest BCUT2D eigenvalue weighted by Crippen LogP contribution is -2.46. The number of allylic oxidation sites excluding steroid dienone is 4. The monoisotopic (exact) mass is 460 g/mol. The van der Waals surface area contributed by atoms with Crippen LogP contribution in [0.1, 0.15) is 52.2 Å². The molecule has 2 saturated heterocycles. The number of piperidine rings is 1. The molecule has 6 nitrogen and oxygen atoms in total. The van der Waals surface area contributed by atoms with E-state index in [4.69, 9.17) is 9.84 Å². The van der Waals surface area contributed by atoms with Gasteiger partial charge in [-0.05, 0) is 67.1 Å². The van der Waals surface area contributed by atoms with Crippen LogP contribution in [0.25, 0.3) is 0 Å². The number of nitrogens with zero attached hydrogens (tertiary/aromatic N) is 2. The quantitative estimate of drug-likeness (QED) is 0.687. The van der Waals surface area contributed by atoms with E-state index in [2.05, 4.69) is 54.3 Å². The molecule has 0 bridgehead atoms. The summed E-state index contributed by atoms with van der Waals surface area (Å²) in [6.07, 6.45) is 10.5. The minimum absolute atomic E-state index is 0.233. The van der Waals surface area contributed by atoms with Crippen molar-refractivity contribution in [3.8, 4) is 0 Å². The largest absolute Gasteiger partial charge is 0.478 e. The number of aliphatic hydroxyl groups is 1. The number of aryl methyl sites for hydroxylation is 1. The van der Waals surface area contributed by atoms with Gasteiger partial charge >= 0.3 is 5.97 Å². The molecule has 1 unspecified atom stereocenters. The van der Waals surface area contributed by atoms with Gasteiger partial charge in [-0.2, -0.15) is 0 Å². The molecule has 0 aromatic heterocycles. The van der Waals surface area contributed by atoms with Gasteiger partial charge in [0.15, 0.2) is 0 Å². The molecular weight excluding hydrogens is 428 g/mol. The lowest BCUT2D eigenvalue weighted by molar-refractivity contribution is -0.151. The maximum atomic E-state index is 11.1. The Hall–Kier alpha value is -2.93. The Morgan fingerprint density at radius 1 is 1.12 bits per heavy atom. The molecule has 2 aromatic carbocycles. The lowest BCUT2D eigenvalue weighted by Gasteiger charge is -2.38. The van der Waals surface area contributed by atoms with Gasteiger partial charge in [0.2, 0.25) is 6.41 Å². The van der Waals surface area contributed by atoms with Crippen LogP contribution in [-0.2, 0) is 11.3 Å². The van der Waals surface area contributed by atoms with Gasteiger partial charge in [-0.1, -0.05) is 42.5 Å². The summed E-state index contributed by atoms with van der Waals surface area (Å²) in [5, 5.41) is 19.7. The van der Waals surface area contributed by atoms with Crippen LogP contribution in [0.2, 0.25) is 0 Å². The highest BCUT2D eigenvalue weighted by molar-refractivity contribution is 5.88. The summed E-state index contributed by atoms with van der Waals surface area (Å²) in [6, 6.07) is 13.5. The first-order chi connectivity index (χ1) is 16.4. The number of aromatic carboxylic acids is 1. The van der Waals surface area contributed by atoms with Crippen LogP contribution in [0.15, 0.2) is 66.8 Å². The minimum atomic E-state index is -1.01. The van der Waals surface area contributed by atoms with Gasteiger partial charge in [-0.15, -0.1) is 0 Å². The number of hydrogen-bond acceptors (Lipinski definition) is 5. The molecule has 1 spiro atoms. The van der Waals surface area contributed by atoms with Gasteiger partial charge in [0, 0.05) is 31.2 Å². The number of carbonyl (C=O) groups is 1. The maximum absolute atomic E-state index is 11.1. The van der Waals surface area contributed by atoms with Crippen LogP contribution in [0.3, 0.4) is 0 Å². The van der Waals surface area contributed by atoms with Crippen LogP contribution in [-0.4, -0.2) is 52.7 Å². The zero-order valence-corrected chi connectivity index (χ0v) is 19.6. The zero-order valence-electron chi connectivity index (χ0n) is 19.6. The molecule has 0 saturated carbocycles. The van der Waals surface area contributed by atoms with Gasteiger partial charge < -0.3 is 19.8 Å². The van der Waals surface area contributed by atoms with Crippen molar-refractivity contribution in [1.29, 1.82) is 0 Å². The van der Waals surface area contributed by atoms with Crippen LogP contribution in [0, 0.1) is 6.92 Å². The Bertz CT molecular complexity index is 1100. The molecule has 5 rings (SSSR count). The Morgan fingerprint density at radius 2 is 1.88 bits per heavy atom. The molecule has 2 aromatic rings. The molecule has 1 aliphatic carbocycles. The van der Waals surface area contributed by atoms with Crippen molar-refractivity contribution < 1.29 is 19.7 Å². The molecule has 34 heavy (non-hydrogen) atoms. The number of carboxylic acids is 1. The SMILES string of the molecule is Cc1cc(CN2CCC3(CC2)CN(c2ccc(C(=O)O)cc2)C(O)O3)ccc1[C@H]1C=CC=CC1. The predicted molar refractivity (Wildman–Crippen MR) is 132 cm³/mol. The molecule has 2 aliphatic heterocycles. The van der Waals surface area contributed by atoms with E-state index in [-0.39, 0.29) is 11.2 Å². The standard InChI is InChI=1S/C28H32N2O4/c1-20-17-21(7-12-25(20)22-5-3-2-4-6-22)18-29-15-13-28(14-16-29)19-30(27(33)34-28)24-10-8-23(9-11-24)26(31)32/h2-5,7-12,17,22,27,33H,6,13-16,18-19H2,1H3,(H,31,32)/t22-,27?/m0/s1. The third-order valence-electron chi connectivity index (χ3n) is 7.41. The first-order valence-electron chi connectivity index (χ1n) is 12.0. The van der Waals surface area contributed by atoms with Gasteiger partial charge in [0.25, 0.3) is 0 Å². The molecule has 0 radical (unpaired) electrons. The molecule has 0 amide bonds. The van der Waals surface area contributed by atoms with Crippen molar-refractivity contribution in [3.63, 3.8) is 0 Å². The predicted octanol–water partition coefficient (Wildman–Crippen LogP) is 4.44. The first kappa shape index (κ1) is 22.8. The van der Waals surface area contributed by atoms with E-state index < -0.39 is 12.4 Å². The topological polar surface area (TPSA) is 73.2 Å². The number of aliphatic hydroxyl groups excluding tert-OH is 1. The highest BCUT2D eigenvalue weighted by Gasteiger charge is 2.46. The fraction of sp³-hybridized carbons (Fsp3) is 0.393. The van der Waals surface area contributed by atoms with Gasteiger partial charge in [-0.25, -0.2) is 4.79 Å². The number of anilines is 1. The smallest absolute Gasteiger partial charge is 0.335 e. The lowest BCUT2D eigenvalue weighted by atomic mass is 9.88. The van der Waals surface area contributed by atoms with E-state index in [1.165, 1.54) is 16.7 Å². The molecule has 2 heterocycles. The second kappa shape index (κ2) is 9.37. The van der Waals surface area contributed by atoms with Crippen molar-refractivity contribution in [1.82, 2.24) is 4.90 Å². The van der Waals surface area contributed by atoms with E-state index in [0.29, 0.717) is 12.5 Å². The van der Waals surface area contributed by atoms with E-state index in [1.807, 2.05) is 4.90 Å². The normalized spacial score (nSPS) is 24.1. The third-order valence-corrected chi connectivity index (χ3v) is 7.41. The highest BCUT2D eigenvalue weighted by Crippen LogP contribution is 2.37. The number of ether oxygens (including phenoxy) is 1. The van der Waals surface area contributed by atoms with Crippen molar-refractivity contribution in [2.45, 2.75) is 50.7 Å². The molecule has 2 atom stereocenters. The third kappa shape index (κ3) is 4.67. The van der Waals surface area contributed by atoms with Crippen molar-refractivity contribution in [2.75, 3.05) is 24.5 Å². The molecular formula is C28H32N2O4. The summed E-state index contributed by atoms with van der Waals surface area (Å²) in [5.74, 6) is -0.482. The molecule has 2 fully saturated rings. The summed E-state index contributed by atoms with van der Waals surface area (Å²) >= 11 is 0. The average molecular weight is 461 g/mol. The fourth-order valence-corrected chi connectivity index (χ4v) is 5.44. The highest BCUT2D eigenvalue weighted by atomic mass is 16.7. The number of benzene rings is 2. The average Bonchev–Trinajstić information content (AvgIpc) is 3.17. The molecule has 3 aliphatic rings. The van der Waals surface area contributed by atoms with Gasteiger partial charge in [0.05, 0.1) is 17.7 Å². The first-order valence-corrected chi connectivity index (χ1v) is 12.0. The molecule has 2 N–H and O–H groups in total. The van der Waals surface area contributed by atoms with Crippen LogP contribution >= 0.6 is 0 Å². The summed E-state index contributed by atoms with van der Waals surface area (Å²) < 4.78 is 6.06. The van der Waals surface area contributed by atoms with Gasteiger partial charge in [-0.3, -0.25) is 4.90 Å². The van der Waals surface area contributed by atoms with Crippen molar-refractivity contribution >= 4 is 11.7 Å². The summed E-state index contributed by atoms with van der Waals surface area (Å²) in [6.45, 7) is 5.55. The zero-order chi connectivity index (χ0) is 23.7. The Morgan fingerprint density at radius 3 is 2.53 bits per heavy atom. The van der Waals surface area contributed by atoms with E-state index in [9.17, 15) is 9.90 Å². The van der Waals surface area contributed by atoms with Crippen molar-refractivity contribution in [2.24, 2.45) is 0 Å². The Kier molecular flexibility index (Phi) is 6.30. The second-order valence-electron chi connectivity index (χ2n) is 9.73. The fourth-order valence-electron chi connectivity index (χ4n) is 5.44. The Labute approximate surface area is 200 Å². The second-order valence-corrected chi connectivity index (χ2v) is 9.73. The van der Waals surface area contributed by atoms with Crippen LogP contribution in [0.5, 0.6) is 0 Å². The van der Waals surface area contributed by atoms with E-state index in [0.717, 1.165) is 44.6 Å². The van der Waals surface area contributed by atoms with Gasteiger partial charge in [0.1, 0.15) is 0 Å². The number of rotatable bonds is 5. The summed E-state index contributed by atoms with van der Waals surface area (Å²) in [7, 11) is 0. The van der Waals surface area contributed by atoms with E-state index >= 15 is 0 Å². The number of hydrogen-bond donors (Lipinski definition) is 2. The van der Waals surface area contributed by atoms with E-state index in [1.54, 1.807) is 24.3 Å². The number of likely N-dealkylation sites (tertiary alicyclic amines) is 1. The summed E-state index contributed by atoms with van der Waals surface area (Å²) in [4.78, 5) is 15.4. The van der Waals surface area contributed by atoms with Crippen LogP contribution < -0.4 is 4.90 Å².